The molecule has 1 heterocycles. The van der Waals surface area contributed by atoms with Gasteiger partial charge in [0.2, 0.25) is 5.91 Å². The van der Waals surface area contributed by atoms with Crippen LogP contribution < -0.4 is 14.5 Å². The van der Waals surface area contributed by atoms with Crippen LogP contribution in [0.25, 0.3) is 10.2 Å². The topological polar surface area (TPSA) is 88.5 Å². The van der Waals surface area contributed by atoms with Gasteiger partial charge in [0.15, 0.2) is 0 Å². The van der Waals surface area contributed by atoms with Crippen LogP contribution in [0.4, 0.5) is 11.4 Å². The summed E-state index contributed by atoms with van der Waals surface area (Å²) in [6.07, 6.45) is 0. The molecule has 0 saturated heterocycles. The number of nitrogens with zero attached hydrogens (tertiary/aromatic N) is 2. The van der Waals surface area contributed by atoms with E-state index in [1.165, 1.54) is 12.1 Å². The van der Waals surface area contributed by atoms with E-state index in [0.29, 0.717) is 17.9 Å². The highest BCUT2D eigenvalue weighted by Gasteiger charge is 2.27. The van der Waals surface area contributed by atoms with Crippen molar-refractivity contribution in [3.05, 3.63) is 86.9 Å². The number of carbonyl (C=O) groups is 1. The second-order valence-electron chi connectivity index (χ2n) is 7.14. The molecule has 0 fully saturated rings. The molecular formula is C23H20BrN3O4S2. The quantitative estimate of drug-likeness (QED) is 0.365. The van der Waals surface area contributed by atoms with Crippen molar-refractivity contribution in [1.29, 1.82) is 0 Å². The van der Waals surface area contributed by atoms with E-state index in [4.69, 9.17) is 0 Å². The molecule has 1 N–H and O–H groups in total. The molecule has 0 bridgehead atoms. The number of sulfonamides is 1. The standard InChI is InChI=1S/C23H20BrN3O4S2/c1-2-26-20-13-10-17(14-21(20)32-23(26)29)25-22(28)15-27(18-11-8-16(24)9-12-18)33(30,31)19-6-4-3-5-7-19/h3-14H,2,15H2,1H3,(H,25,28). The summed E-state index contributed by atoms with van der Waals surface area (Å²) >= 11 is 4.45. The third-order valence-corrected chi connectivity index (χ3v) is 8.26. The van der Waals surface area contributed by atoms with Crippen molar-refractivity contribution >= 4 is 64.8 Å². The number of hydrogen-bond donors (Lipinski definition) is 1. The first-order valence-electron chi connectivity index (χ1n) is 10.1. The third kappa shape index (κ3) is 4.87. The summed E-state index contributed by atoms with van der Waals surface area (Å²) in [5.41, 5.74) is 1.66. The molecule has 1 aromatic heterocycles. The summed E-state index contributed by atoms with van der Waals surface area (Å²) in [5.74, 6) is -0.501. The van der Waals surface area contributed by atoms with E-state index in [2.05, 4.69) is 21.2 Å². The van der Waals surface area contributed by atoms with Crippen LogP contribution in [0.2, 0.25) is 0 Å². The number of hydrogen-bond acceptors (Lipinski definition) is 5. The molecular weight excluding hydrogens is 526 g/mol. The number of amides is 1. The van der Waals surface area contributed by atoms with E-state index < -0.39 is 22.5 Å². The molecule has 0 spiro atoms. The maximum atomic E-state index is 13.4. The lowest BCUT2D eigenvalue weighted by Crippen LogP contribution is -2.38. The van der Waals surface area contributed by atoms with Crippen LogP contribution in [0.5, 0.6) is 0 Å². The average molecular weight is 546 g/mol. The van der Waals surface area contributed by atoms with Gasteiger partial charge in [-0.05, 0) is 61.5 Å². The summed E-state index contributed by atoms with van der Waals surface area (Å²) in [7, 11) is -3.98. The van der Waals surface area contributed by atoms with E-state index in [9.17, 15) is 18.0 Å². The smallest absolute Gasteiger partial charge is 0.308 e. The normalized spacial score (nSPS) is 11.5. The molecule has 0 saturated carbocycles. The first kappa shape index (κ1) is 23.2. The SMILES string of the molecule is CCn1c(=O)sc2cc(NC(=O)CN(c3ccc(Br)cc3)S(=O)(=O)c3ccccc3)ccc21. The maximum absolute atomic E-state index is 13.4. The monoisotopic (exact) mass is 545 g/mol. The zero-order valence-electron chi connectivity index (χ0n) is 17.6. The van der Waals surface area contributed by atoms with E-state index in [1.807, 2.05) is 6.92 Å². The van der Waals surface area contributed by atoms with Crippen LogP contribution in [0.15, 0.2) is 87.0 Å². The minimum atomic E-state index is -3.98. The van der Waals surface area contributed by atoms with Crippen LogP contribution in [0.3, 0.4) is 0 Å². The van der Waals surface area contributed by atoms with E-state index in [1.54, 1.807) is 65.2 Å². The predicted molar refractivity (Wildman–Crippen MR) is 136 cm³/mol. The second kappa shape index (κ2) is 9.50. The Bertz CT molecular complexity index is 1460. The molecule has 33 heavy (non-hydrogen) atoms. The molecule has 4 aromatic rings. The van der Waals surface area contributed by atoms with E-state index >= 15 is 0 Å². The van der Waals surface area contributed by atoms with Crippen LogP contribution in [0, 0.1) is 0 Å². The number of nitrogens with one attached hydrogen (secondary N) is 1. The Kier molecular flexibility index (Phi) is 6.68. The lowest BCUT2D eigenvalue weighted by Gasteiger charge is -2.24. The van der Waals surface area contributed by atoms with Crippen LogP contribution in [-0.4, -0.2) is 25.4 Å². The molecule has 0 aliphatic carbocycles. The van der Waals surface area contributed by atoms with E-state index in [-0.39, 0.29) is 9.77 Å². The van der Waals surface area contributed by atoms with Gasteiger partial charge in [0.1, 0.15) is 6.54 Å². The van der Waals surface area contributed by atoms with Gasteiger partial charge in [-0.3, -0.25) is 18.5 Å². The Labute approximate surface area is 203 Å². The van der Waals surface area contributed by atoms with Gasteiger partial charge >= 0.3 is 4.87 Å². The van der Waals surface area contributed by atoms with Gasteiger partial charge in [-0.15, -0.1) is 0 Å². The van der Waals surface area contributed by atoms with Crippen LogP contribution >= 0.6 is 27.3 Å². The number of fused-ring (bicyclic) bond motifs is 1. The van der Waals surface area contributed by atoms with Crippen molar-refractivity contribution < 1.29 is 13.2 Å². The minimum absolute atomic E-state index is 0.0636. The number of aromatic nitrogens is 1. The fraction of sp³-hybridized carbons (Fsp3) is 0.130. The highest BCUT2D eigenvalue weighted by Crippen LogP contribution is 2.26. The van der Waals surface area contributed by atoms with Crippen molar-refractivity contribution in [1.82, 2.24) is 4.57 Å². The number of anilines is 2. The molecule has 3 aromatic carbocycles. The first-order chi connectivity index (χ1) is 15.8. The van der Waals surface area contributed by atoms with Crippen molar-refractivity contribution in [3.63, 3.8) is 0 Å². The predicted octanol–water partition coefficient (Wildman–Crippen LogP) is 4.68. The number of benzene rings is 3. The Hall–Kier alpha value is -2.95. The van der Waals surface area contributed by atoms with Gasteiger partial charge in [-0.2, -0.15) is 0 Å². The largest absolute Gasteiger partial charge is 0.324 e. The van der Waals surface area contributed by atoms with Crippen molar-refractivity contribution in [3.8, 4) is 0 Å². The first-order valence-corrected chi connectivity index (χ1v) is 13.1. The molecule has 10 heteroatoms. The zero-order chi connectivity index (χ0) is 23.6. The summed E-state index contributed by atoms with van der Waals surface area (Å²) < 4.78 is 31.0. The second-order valence-corrected chi connectivity index (χ2v) is 10.9. The summed E-state index contributed by atoms with van der Waals surface area (Å²) in [6, 6.07) is 19.9. The molecule has 170 valence electrons. The zero-order valence-corrected chi connectivity index (χ0v) is 20.8. The minimum Gasteiger partial charge on any atom is -0.324 e. The average Bonchev–Trinajstić information content (AvgIpc) is 3.12. The van der Waals surface area contributed by atoms with Gasteiger partial charge < -0.3 is 5.32 Å². The number of halogens is 1. The molecule has 4 rings (SSSR count). The van der Waals surface area contributed by atoms with Gasteiger partial charge in [-0.1, -0.05) is 45.5 Å². The number of aryl methyl sites for hydroxylation is 1. The number of carbonyl (C=O) groups excluding carboxylic acids is 1. The Morgan fingerprint density at radius 2 is 1.76 bits per heavy atom. The summed E-state index contributed by atoms with van der Waals surface area (Å²) in [4.78, 5) is 25.0. The molecule has 0 radical (unpaired) electrons. The number of rotatable bonds is 7. The highest BCUT2D eigenvalue weighted by atomic mass is 79.9. The van der Waals surface area contributed by atoms with Gasteiger partial charge in [0.25, 0.3) is 10.0 Å². The highest BCUT2D eigenvalue weighted by molar-refractivity contribution is 9.10. The van der Waals surface area contributed by atoms with E-state index in [0.717, 1.165) is 30.3 Å². The third-order valence-electron chi connectivity index (χ3n) is 5.00. The van der Waals surface area contributed by atoms with Crippen molar-refractivity contribution in [2.75, 3.05) is 16.2 Å². The van der Waals surface area contributed by atoms with Gasteiger partial charge in [0.05, 0.1) is 20.8 Å². The Morgan fingerprint density at radius 3 is 2.42 bits per heavy atom. The lowest BCUT2D eigenvalue weighted by molar-refractivity contribution is -0.114. The Morgan fingerprint density at radius 1 is 1.06 bits per heavy atom. The molecule has 7 nitrogen and oxygen atoms in total. The molecule has 0 aliphatic heterocycles. The molecule has 1 amide bonds. The van der Waals surface area contributed by atoms with Crippen LogP contribution in [-0.2, 0) is 21.4 Å². The fourth-order valence-electron chi connectivity index (χ4n) is 3.42. The van der Waals surface area contributed by atoms with Gasteiger partial charge in [-0.25, -0.2) is 8.42 Å². The summed E-state index contributed by atoms with van der Waals surface area (Å²) in [5, 5.41) is 2.76. The maximum Gasteiger partial charge on any atom is 0.308 e. The Balaban J connectivity index is 1.63. The molecule has 0 unspecified atom stereocenters. The molecule has 0 atom stereocenters. The fourth-order valence-corrected chi connectivity index (χ4v) is 6.12. The van der Waals surface area contributed by atoms with Crippen LogP contribution in [0.1, 0.15) is 6.92 Å². The van der Waals surface area contributed by atoms with Gasteiger partial charge in [0, 0.05) is 16.7 Å². The summed E-state index contributed by atoms with van der Waals surface area (Å²) in [6.45, 7) is 2.04. The molecule has 0 aliphatic rings. The van der Waals surface area contributed by atoms with Crippen molar-refractivity contribution in [2.24, 2.45) is 0 Å². The number of thiazole rings is 1. The van der Waals surface area contributed by atoms with Crippen molar-refractivity contribution in [2.45, 2.75) is 18.4 Å². The lowest BCUT2D eigenvalue weighted by atomic mass is 10.3.